The summed E-state index contributed by atoms with van der Waals surface area (Å²) in [7, 11) is 0. The Hall–Kier alpha value is -0.258. The van der Waals surface area contributed by atoms with E-state index in [-0.39, 0.29) is 37.1 Å². The van der Waals surface area contributed by atoms with Crippen LogP contribution in [0.25, 0.3) is 0 Å². The first-order valence-electron chi connectivity index (χ1n) is 4.54. The van der Waals surface area contributed by atoms with Crippen molar-refractivity contribution in [2.45, 2.75) is 26.9 Å². The van der Waals surface area contributed by atoms with Crippen molar-refractivity contribution < 1.29 is 40.6 Å². The molecule has 0 atom stereocenters. The van der Waals surface area contributed by atoms with Crippen molar-refractivity contribution in [3.8, 4) is 0 Å². The zero-order valence-corrected chi connectivity index (χ0v) is 12.7. The maximum Gasteiger partial charge on any atom is 0.338 e. The van der Waals surface area contributed by atoms with Gasteiger partial charge in [-0.2, -0.15) is 0 Å². The number of cyclic esters (lactones) is 1. The van der Waals surface area contributed by atoms with Crippen LogP contribution in [0.15, 0.2) is 24.3 Å². The molecule has 0 saturated heterocycles. The Balaban J connectivity index is 0.000000381. The summed E-state index contributed by atoms with van der Waals surface area (Å²) in [5, 5.41) is 0. The zero-order chi connectivity index (χ0) is 9.68. The molecule has 1 aromatic rings. The Kier molecular flexibility index (Phi) is 6.96. The van der Waals surface area contributed by atoms with Crippen molar-refractivity contribution in [1.29, 1.82) is 0 Å². The van der Waals surface area contributed by atoms with E-state index in [0.717, 1.165) is 5.56 Å². The standard InChI is InChI=1S/C8H6O2.C3H8.U/c9-8-7-4-2-1-3-6(7)5-10-8;1-3-2;/h1-4H,5H2;3H2,1-2H3;. The summed E-state index contributed by atoms with van der Waals surface area (Å²) in [6, 6.07) is 7.43. The molecule has 0 spiro atoms. The summed E-state index contributed by atoms with van der Waals surface area (Å²) >= 11 is 0. The number of rotatable bonds is 0. The second-order valence-electron chi connectivity index (χ2n) is 2.94. The van der Waals surface area contributed by atoms with Crippen LogP contribution in [0.3, 0.4) is 0 Å². The summed E-state index contributed by atoms with van der Waals surface area (Å²) in [5.41, 5.74) is 1.70. The van der Waals surface area contributed by atoms with E-state index < -0.39 is 0 Å². The summed E-state index contributed by atoms with van der Waals surface area (Å²) < 4.78 is 4.78. The Morgan fingerprint density at radius 2 is 1.86 bits per heavy atom. The monoisotopic (exact) mass is 416 g/mol. The van der Waals surface area contributed by atoms with E-state index in [0.29, 0.717) is 12.2 Å². The van der Waals surface area contributed by atoms with Crippen molar-refractivity contribution in [1.82, 2.24) is 0 Å². The molecule has 0 N–H and O–H groups in total. The molecule has 0 unspecified atom stereocenters. The van der Waals surface area contributed by atoms with Gasteiger partial charge >= 0.3 is 5.97 Å². The number of hydrogen-bond donors (Lipinski definition) is 0. The summed E-state index contributed by atoms with van der Waals surface area (Å²) in [6.07, 6.45) is 1.25. The van der Waals surface area contributed by atoms with Crippen LogP contribution >= 0.6 is 0 Å². The van der Waals surface area contributed by atoms with Crippen molar-refractivity contribution >= 4 is 5.97 Å². The van der Waals surface area contributed by atoms with Gasteiger partial charge in [-0.1, -0.05) is 38.5 Å². The first kappa shape index (κ1) is 13.7. The van der Waals surface area contributed by atoms with Crippen LogP contribution in [0.1, 0.15) is 36.2 Å². The molecule has 3 heteroatoms. The molecule has 1 aliphatic rings. The van der Waals surface area contributed by atoms with Gasteiger partial charge in [0.25, 0.3) is 0 Å². The fraction of sp³-hybridized carbons (Fsp3) is 0.364. The maximum absolute atomic E-state index is 10.8. The van der Waals surface area contributed by atoms with E-state index in [1.807, 2.05) is 18.2 Å². The second kappa shape index (κ2) is 7.09. The largest absolute Gasteiger partial charge is 0.457 e. The quantitative estimate of drug-likeness (QED) is 0.609. The summed E-state index contributed by atoms with van der Waals surface area (Å²) in [5.74, 6) is -0.199. The Morgan fingerprint density at radius 3 is 2.43 bits per heavy atom. The molecule has 14 heavy (non-hydrogen) atoms. The van der Waals surface area contributed by atoms with Gasteiger partial charge in [0.2, 0.25) is 0 Å². The zero-order valence-electron chi connectivity index (χ0n) is 8.54. The molecule has 2 rings (SSSR count). The number of hydrogen-bond acceptors (Lipinski definition) is 2. The van der Waals surface area contributed by atoms with E-state index >= 15 is 0 Å². The summed E-state index contributed by atoms with van der Waals surface area (Å²) in [4.78, 5) is 10.8. The van der Waals surface area contributed by atoms with E-state index in [2.05, 4.69) is 13.8 Å². The molecule has 0 radical (unpaired) electrons. The molecule has 2 nitrogen and oxygen atoms in total. The molecule has 74 valence electrons. The number of carbonyl (C=O) groups is 1. The predicted octanol–water partition coefficient (Wildman–Crippen LogP) is 2.77. The molecular weight excluding hydrogens is 402 g/mol. The normalized spacial score (nSPS) is 11.7. The molecule has 1 aromatic carbocycles. The van der Waals surface area contributed by atoms with E-state index in [9.17, 15) is 4.79 Å². The topological polar surface area (TPSA) is 26.3 Å². The van der Waals surface area contributed by atoms with Crippen molar-refractivity contribution in [2.75, 3.05) is 0 Å². The first-order valence-corrected chi connectivity index (χ1v) is 4.54. The number of fused-ring (bicyclic) bond motifs is 1. The van der Waals surface area contributed by atoms with E-state index in [4.69, 9.17) is 4.74 Å². The van der Waals surface area contributed by atoms with Crippen LogP contribution in [0.4, 0.5) is 0 Å². The minimum Gasteiger partial charge on any atom is -0.457 e. The van der Waals surface area contributed by atoms with Gasteiger partial charge in [0, 0.05) is 36.7 Å². The molecule has 1 heterocycles. The molecule has 0 fully saturated rings. The SMILES string of the molecule is CCC.O=C1OCc2ccccc21.[U]. The molecule has 1 aliphatic heterocycles. The van der Waals surface area contributed by atoms with Gasteiger partial charge in [-0.3, -0.25) is 0 Å². The van der Waals surface area contributed by atoms with Gasteiger partial charge < -0.3 is 4.74 Å². The third kappa shape index (κ3) is 3.48. The van der Waals surface area contributed by atoms with E-state index in [1.165, 1.54) is 6.42 Å². The average molecular weight is 416 g/mol. The van der Waals surface area contributed by atoms with Gasteiger partial charge in [-0.25, -0.2) is 4.79 Å². The smallest absolute Gasteiger partial charge is 0.338 e. The van der Waals surface area contributed by atoms with Crippen molar-refractivity contribution in [2.24, 2.45) is 0 Å². The molecule has 0 aliphatic carbocycles. The molecular formula is C11H14O2U. The minimum absolute atomic E-state index is 0. The first-order chi connectivity index (χ1) is 6.29. The van der Waals surface area contributed by atoms with Crippen LogP contribution in [0.5, 0.6) is 0 Å². The molecule has 0 aromatic heterocycles. The van der Waals surface area contributed by atoms with Crippen LogP contribution in [0, 0.1) is 31.1 Å². The fourth-order valence-corrected chi connectivity index (χ4v) is 1.07. The number of benzene rings is 1. The fourth-order valence-electron chi connectivity index (χ4n) is 1.07. The van der Waals surface area contributed by atoms with Crippen LogP contribution in [-0.4, -0.2) is 5.97 Å². The van der Waals surface area contributed by atoms with Crippen LogP contribution in [0.2, 0.25) is 0 Å². The van der Waals surface area contributed by atoms with Gasteiger partial charge in [0.1, 0.15) is 6.61 Å². The third-order valence-corrected chi connectivity index (χ3v) is 1.60. The molecule has 0 amide bonds. The molecule has 0 saturated carbocycles. The number of esters is 1. The number of carbonyl (C=O) groups excluding carboxylic acids is 1. The Morgan fingerprint density at radius 1 is 1.29 bits per heavy atom. The minimum atomic E-state index is -0.199. The van der Waals surface area contributed by atoms with Gasteiger partial charge in [-0.05, 0) is 6.07 Å². The van der Waals surface area contributed by atoms with Crippen LogP contribution < -0.4 is 0 Å². The number of ether oxygens (including phenoxy) is 1. The average Bonchev–Trinajstić information content (AvgIpc) is 2.50. The molecule has 0 bridgehead atoms. The van der Waals surface area contributed by atoms with Crippen molar-refractivity contribution in [3.05, 3.63) is 35.4 Å². The summed E-state index contributed by atoms with van der Waals surface area (Å²) in [6.45, 7) is 4.69. The van der Waals surface area contributed by atoms with Gasteiger partial charge in [0.15, 0.2) is 0 Å². The van der Waals surface area contributed by atoms with Gasteiger partial charge in [0.05, 0.1) is 5.56 Å². The van der Waals surface area contributed by atoms with Gasteiger partial charge in [-0.15, -0.1) is 0 Å². The van der Waals surface area contributed by atoms with Crippen LogP contribution in [-0.2, 0) is 11.3 Å². The third-order valence-electron chi connectivity index (χ3n) is 1.60. The maximum atomic E-state index is 10.8. The Bertz CT molecular complexity index is 297. The second-order valence-corrected chi connectivity index (χ2v) is 2.94. The van der Waals surface area contributed by atoms with E-state index in [1.54, 1.807) is 6.07 Å². The van der Waals surface area contributed by atoms with Crippen molar-refractivity contribution in [3.63, 3.8) is 0 Å². The Labute approximate surface area is 108 Å². The predicted molar refractivity (Wildman–Crippen MR) is 51.5 cm³/mol.